The van der Waals surface area contributed by atoms with E-state index in [1.165, 1.54) is 95.5 Å². The van der Waals surface area contributed by atoms with Gasteiger partial charge in [-0.15, -0.1) is 6.58 Å². The van der Waals surface area contributed by atoms with Crippen molar-refractivity contribution in [2.75, 3.05) is 0 Å². The third-order valence-electron chi connectivity index (χ3n) is 9.08. The summed E-state index contributed by atoms with van der Waals surface area (Å²) in [5, 5.41) is 0. The monoisotopic (exact) mass is 418 g/mol. The van der Waals surface area contributed by atoms with Crippen molar-refractivity contribution in [1.82, 2.24) is 0 Å². The molecule has 170 valence electrons. The Morgan fingerprint density at radius 1 is 0.774 bits per heavy atom. The minimum atomic E-state index is 0.809. The Hall–Kier alpha value is -1.30. The molecule has 3 aliphatic carbocycles. The lowest BCUT2D eigenvalue weighted by Crippen LogP contribution is -2.26. The highest BCUT2D eigenvalue weighted by Crippen LogP contribution is 2.44. The molecular weight excluding hydrogens is 372 g/mol. The highest BCUT2D eigenvalue weighted by atomic mass is 14.4. The Kier molecular flexibility index (Phi) is 8.51. The number of hydrogen-bond acceptors (Lipinski definition) is 0. The Labute approximate surface area is 192 Å². The molecule has 1 aromatic carbocycles. The first kappa shape index (κ1) is 22.9. The van der Waals surface area contributed by atoms with Crippen LogP contribution in [-0.4, -0.2) is 0 Å². The summed E-state index contributed by atoms with van der Waals surface area (Å²) in [5.74, 6) is 5.46. The Morgan fingerprint density at radius 3 is 1.87 bits per heavy atom. The Morgan fingerprint density at radius 2 is 1.35 bits per heavy atom. The van der Waals surface area contributed by atoms with Crippen LogP contribution in [0.4, 0.5) is 0 Å². The summed E-state index contributed by atoms with van der Waals surface area (Å²) in [4.78, 5) is 0. The molecule has 0 aliphatic heterocycles. The quantitative estimate of drug-likeness (QED) is 0.369. The topological polar surface area (TPSA) is 0 Å². The van der Waals surface area contributed by atoms with Gasteiger partial charge in [-0.3, -0.25) is 0 Å². The summed E-state index contributed by atoms with van der Waals surface area (Å²) < 4.78 is 0. The van der Waals surface area contributed by atoms with E-state index in [9.17, 15) is 0 Å². The number of aryl methyl sites for hydroxylation is 1. The largest absolute Gasteiger partial charge is 0.103 e. The SMILES string of the molecule is C=CCCC1CCC(C2C=CC(C3CCC(c4ccc(CCC)cc4)CC3)CC2)CC1. The van der Waals surface area contributed by atoms with Crippen LogP contribution < -0.4 is 0 Å². The predicted octanol–water partition coefficient (Wildman–Crippen LogP) is 9.27. The molecule has 0 radical (unpaired) electrons. The van der Waals surface area contributed by atoms with Gasteiger partial charge in [0.25, 0.3) is 0 Å². The summed E-state index contributed by atoms with van der Waals surface area (Å²) in [6.45, 7) is 6.17. The third kappa shape index (κ3) is 6.15. The fourth-order valence-electron chi connectivity index (χ4n) is 7.03. The lowest BCUT2D eigenvalue weighted by Gasteiger charge is -2.38. The van der Waals surface area contributed by atoms with Gasteiger partial charge in [0, 0.05) is 0 Å². The van der Waals surface area contributed by atoms with Crippen LogP contribution in [0, 0.1) is 29.6 Å². The number of benzene rings is 1. The third-order valence-corrected chi connectivity index (χ3v) is 9.08. The molecule has 2 fully saturated rings. The lowest BCUT2D eigenvalue weighted by molar-refractivity contribution is 0.187. The van der Waals surface area contributed by atoms with Crippen LogP contribution in [0.25, 0.3) is 0 Å². The standard InChI is InChI=1S/C31H46/c1-3-5-7-25-10-14-27(15-11-25)29-18-22-31(23-19-29)30-20-16-28(17-21-30)26-12-8-24(6-4-2)9-13-26/h3,8-9,12-13,18,22,25,27-31H,1,4-7,10-11,14-17,19-21,23H2,2H3. The molecule has 3 aliphatic rings. The molecule has 0 aromatic heterocycles. The molecule has 0 heterocycles. The maximum absolute atomic E-state index is 3.90. The van der Waals surface area contributed by atoms with E-state index in [1.807, 2.05) is 0 Å². The van der Waals surface area contributed by atoms with E-state index in [4.69, 9.17) is 0 Å². The van der Waals surface area contributed by atoms with Crippen LogP contribution >= 0.6 is 0 Å². The van der Waals surface area contributed by atoms with Gasteiger partial charge in [-0.1, -0.05) is 68.7 Å². The Balaban J connectivity index is 1.21. The van der Waals surface area contributed by atoms with Gasteiger partial charge in [0.15, 0.2) is 0 Å². The first-order chi connectivity index (χ1) is 15.3. The second-order valence-corrected chi connectivity index (χ2v) is 11.0. The van der Waals surface area contributed by atoms with E-state index in [0.29, 0.717) is 0 Å². The van der Waals surface area contributed by atoms with E-state index in [0.717, 1.165) is 35.5 Å². The Bertz CT molecular complexity index is 679. The van der Waals surface area contributed by atoms with Gasteiger partial charge in [0.2, 0.25) is 0 Å². The molecule has 2 atom stereocenters. The zero-order valence-corrected chi connectivity index (χ0v) is 20.1. The number of allylic oxidation sites excluding steroid dienone is 3. The normalized spacial score (nSPS) is 33.8. The average Bonchev–Trinajstić information content (AvgIpc) is 2.84. The second kappa shape index (κ2) is 11.5. The van der Waals surface area contributed by atoms with Crippen molar-refractivity contribution >= 4 is 0 Å². The summed E-state index contributed by atoms with van der Waals surface area (Å²) >= 11 is 0. The van der Waals surface area contributed by atoms with Gasteiger partial charge >= 0.3 is 0 Å². The maximum atomic E-state index is 3.90. The maximum Gasteiger partial charge on any atom is -0.0162 e. The molecule has 0 heteroatoms. The van der Waals surface area contributed by atoms with Gasteiger partial charge in [-0.2, -0.15) is 0 Å². The number of rotatable bonds is 8. The van der Waals surface area contributed by atoms with Crippen molar-refractivity contribution in [3.05, 3.63) is 60.2 Å². The first-order valence-corrected chi connectivity index (χ1v) is 13.6. The van der Waals surface area contributed by atoms with Crippen LogP contribution in [0.2, 0.25) is 0 Å². The van der Waals surface area contributed by atoms with Crippen LogP contribution in [0.1, 0.15) is 107 Å². The molecule has 0 spiro atoms. The fourth-order valence-corrected chi connectivity index (χ4v) is 7.03. The molecular formula is C31H46. The molecule has 31 heavy (non-hydrogen) atoms. The summed E-state index contributed by atoms with van der Waals surface area (Å²) in [6.07, 6.45) is 27.0. The molecule has 0 amide bonds. The van der Waals surface area contributed by atoms with Crippen molar-refractivity contribution < 1.29 is 0 Å². The molecule has 0 saturated heterocycles. The van der Waals surface area contributed by atoms with Gasteiger partial charge < -0.3 is 0 Å². The minimum absolute atomic E-state index is 0.809. The molecule has 2 saturated carbocycles. The van der Waals surface area contributed by atoms with Gasteiger partial charge in [-0.05, 0) is 117 Å². The van der Waals surface area contributed by atoms with Crippen molar-refractivity contribution in [3.63, 3.8) is 0 Å². The average molecular weight is 419 g/mol. The van der Waals surface area contributed by atoms with Crippen LogP contribution in [0.3, 0.4) is 0 Å². The molecule has 1 aromatic rings. The van der Waals surface area contributed by atoms with Crippen LogP contribution in [0.15, 0.2) is 49.1 Å². The van der Waals surface area contributed by atoms with Crippen molar-refractivity contribution in [1.29, 1.82) is 0 Å². The van der Waals surface area contributed by atoms with Crippen LogP contribution in [-0.2, 0) is 6.42 Å². The predicted molar refractivity (Wildman–Crippen MR) is 135 cm³/mol. The van der Waals surface area contributed by atoms with Gasteiger partial charge in [0.05, 0.1) is 0 Å². The molecule has 2 unspecified atom stereocenters. The zero-order chi connectivity index (χ0) is 21.5. The summed E-state index contributed by atoms with van der Waals surface area (Å²) in [6, 6.07) is 9.60. The van der Waals surface area contributed by atoms with E-state index in [1.54, 1.807) is 5.56 Å². The highest BCUT2D eigenvalue weighted by molar-refractivity contribution is 5.26. The first-order valence-electron chi connectivity index (χ1n) is 13.6. The van der Waals surface area contributed by atoms with E-state index in [2.05, 4.69) is 56.0 Å². The molecule has 0 nitrogen and oxygen atoms in total. The smallest absolute Gasteiger partial charge is 0.0162 e. The molecule has 4 rings (SSSR count). The van der Waals surface area contributed by atoms with Crippen molar-refractivity contribution in [2.45, 2.75) is 103 Å². The highest BCUT2D eigenvalue weighted by Gasteiger charge is 2.32. The second-order valence-electron chi connectivity index (χ2n) is 11.0. The van der Waals surface area contributed by atoms with Gasteiger partial charge in [-0.25, -0.2) is 0 Å². The zero-order valence-electron chi connectivity index (χ0n) is 20.1. The number of hydrogen-bond donors (Lipinski definition) is 0. The van der Waals surface area contributed by atoms with E-state index >= 15 is 0 Å². The minimum Gasteiger partial charge on any atom is -0.103 e. The molecule has 0 N–H and O–H groups in total. The van der Waals surface area contributed by atoms with E-state index in [-0.39, 0.29) is 0 Å². The summed E-state index contributed by atoms with van der Waals surface area (Å²) in [7, 11) is 0. The van der Waals surface area contributed by atoms with Crippen molar-refractivity contribution in [3.8, 4) is 0 Å². The van der Waals surface area contributed by atoms with Crippen LogP contribution in [0.5, 0.6) is 0 Å². The molecule has 0 bridgehead atoms. The van der Waals surface area contributed by atoms with Gasteiger partial charge in [0.1, 0.15) is 0 Å². The van der Waals surface area contributed by atoms with E-state index < -0.39 is 0 Å². The lowest BCUT2D eigenvalue weighted by atomic mass is 9.67. The summed E-state index contributed by atoms with van der Waals surface area (Å²) in [5.41, 5.74) is 3.10. The fraction of sp³-hybridized carbons (Fsp3) is 0.677. The van der Waals surface area contributed by atoms with Crippen molar-refractivity contribution in [2.24, 2.45) is 29.6 Å².